The van der Waals surface area contributed by atoms with E-state index in [2.05, 4.69) is 10.3 Å². The molecule has 1 amide bonds. The maximum Gasteiger partial charge on any atom is 0.267 e. The number of methoxy groups -OCH3 is 1. The smallest absolute Gasteiger partial charge is 0.267 e. The summed E-state index contributed by atoms with van der Waals surface area (Å²) in [6, 6.07) is 13.7. The lowest BCUT2D eigenvalue weighted by Gasteiger charge is -2.14. The molecule has 4 rings (SSSR count). The first-order valence-electron chi connectivity index (χ1n) is 10.5. The second-order valence-electron chi connectivity index (χ2n) is 7.55. The van der Waals surface area contributed by atoms with Gasteiger partial charge >= 0.3 is 0 Å². The topological polar surface area (TPSA) is 75.9 Å². The standard InChI is InChI=1S/C24H24N4O3S2/c1-16-7-6-12-27-21(16)26-20(25-11-14-31-2)18(22(27)29)15-19-23(30)28(24(32)33-19)13-10-17-8-4-3-5-9-17/h3-9,12,15,25H,10-11,13-14H2,1-2H3/b19-15-. The van der Waals surface area contributed by atoms with E-state index in [1.807, 2.05) is 43.3 Å². The van der Waals surface area contributed by atoms with Crippen LogP contribution in [0.2, 0.25) is 0 Å². The monoisotopic (exact) mass is 480 g/mol. The first-order valence-corrected chi connectivity index (χ1v) is 11.8. The zero-order valence-corrected chi connectivity index (χ0v) is 20.0. The third-order valence-electron chi connectivity index (χ3n) is 5.30. The van der Waals surface area contributed by atoms with Gasteiger partial charge < -0.3 is 10.1 Å². The molecule has 1 fully saturated rings. The molecule has 0 spiro atoms. The molecule has 1 saturated heterocycles. The summed E-state index contributed by atoms with van der Waals surface area (Å²) in [6.07, 6.45) is 3.98. The van der Waals surface area contributed by atoms with Gasteiger partial charge in [-0.25, -0.2) is 4.98 Å². The number of carbonyl (C=O) groups excluding carboxylic acids is 1. The van der Waals surface area contributed by atoms with Crippen molar-refractivity contribution in [3.05, 3.63) is 80.6 Å². The van der Waals surface area contributed by atoms with Crippen LogP contribution in [-0.4, -0.2) is 51.3 Å². The highest BCUT2D eigenvalue weighted by Crippen LogP contribution is 2.33. The summed E-state index contributed by atoms with van der Waals surface area (Å²) in [5, 5.41) is 3.17. The van der Waals surface area contributed by atoms with Crippen molar-refractivity contribution in [2.75, 3.05) is 32.1 Å². The number of nitrogens with zero attached hydrogens (tertiary/aromatic N) is 3. The van der Waals surface area contributed by atoms with Gasteiger partial charge in [0.15, 0.2) is 0 Å². The number of hydrogen-bond donors (Lipinski definition) is 1. The summed E-state index contributed by atoms with van der Waals surface area (Å²) in [7, 11) is 1.61. The Hall–Kier alpha value is -3.01. The molecular weight excluding hydrogens is 456 g/mol. The van der Waals surface area contributed by atoms with Gasteiger partial charge in [0, 0.05) is 26.4 Å². The lowest BCUT2D eigenvalue weighted by Crippen LogP contribution is -2.30. The number of fused-ring (bicyclic) bond motifs is 1. The molecule has 170 valence electrons. The molecule has 0 saturated carbocycles. The second kappa shape index (κ2) is 10.3. The number of anilines is 1. The Balaban J connectivity index is 1.67. The molecule has 0 aliphatic carbocycles. The lowest BCUT2D eigenvalue weighted by atomic mass is 10.1. The van der Waals surface area contributed by atoms with Gasteiger partial charge in [-0.3, -0.25) is 18.9 Å². The van der Waals surface area contributed by atoms with E-state index in [0.717, 1.165) is 11.1 Å². The summed E-state index contributed by atoms with van der Waals surface area (Å²) in [5.41, 5.74) is 2.64. The Labute approximate surface area is 201 Å². The largest absolute Gasteiger partial charge is 0.383 e. The number of thiocarbonyl (C=S) groups is 1. The van der Waals surface area contributed by atoms with E-state index in [1.165, 1.54) is 16.2 Å². The van der Waals surface area contributed by atoms with Crippen LogP contribution in [-0.2, 0) is 16.0 Å². The lowest BCUT2D eigenvalue weighted by molar-refractivity contribution is -0.122. The number of nitrogens with one attached hydrogen (secondary N) is 1. The van der Waals surface area contributed by atoms with Gasteiger partial charge in [-0.1, -0.05) is 60.4 Å². The van der Waals surface area contributed by atoms with E-state index in [1.54, 1.807) is 30.3 Å². The number of hydrogen-bond acceptors (Lipinski definition) is 7. The normalized spacial score (nSPS) is 15.1. The maximum atomic E-state index is 13.3. The molecule has 1 aromatic carbocycles. The van der Waals surface area contributed by atoms with Crippen LogP contribution >= 0.6 is 24.0 Å². The third-order valence-corrected chi connectivity index (χ3v) is 6.68. The van der Waals surface area contributed by atoms with Gasteiger partial charge in [0.2, 0.25) is 0 Å². The molecule has 2 aromatic heterocycles. The van der Waals surface area contributed by atoms with Crippen molar-refractivity contribution in [2.45, 2.75) is 13.3 Å². The molecule has 7 nitrogen and oxygen atoms in total. The van der Waals surface area contributed by atoms with Crippen molar-refractivity contribution in [1.82, 2.24) is 14.3 Å². The summed E-state index contributed by atoms with van der Waals surface area (Å²) in [5.74, 6) is 0.221. The Morgan fingerprint density at radius 3 is 2.73 bits per heavy atom. The van der Waals surface area contributed by atoms with E-state index in [-0.39, 0.29) is 11.5 Å². The van der Waals surface area contributed by atoms with Gasteiger partial charge in [0.25, 0.3) is 11.5 Å². The van der Waals surface area contributed by atoms with E-state index in [0.29, 0.717) is 52.4 Å². The van der Waals surface area contributed by atoms with Crippen molar-refractivity contribution in [1.29, 1.82) is 0 Å². The molecule has 1 aliphatic heterocycles. The van der Waals surface area contributed by atoms with E-state index < -0.39 is 0 Å². The minimum Gasteiger partial charge on any atom is -0.383 e. The van der Waals surface area contributed by atoms with E-state index >= 15 is 0 Å². The molecule has 0 unspecified atom stereocenters. The van der Waals surface area contributed by atoms with Gasteiger partial charge in [0.05, 0.1) is 17.1 Å². The number of amides is 1. The zero-order valence-electron chi connectivity index (χ0n) is 18.4. The van der Waals surface area contributed by atoms with Crippen LogP contribution in [0.4, 0.5) is 5.82 Å². The molecule has 3 heterocycles. The molecule has 33 heavy (non-hydrogen) atoms. The average molecular weight is 481 g/mol. The predicted octanol–water partition coefficient (Wildman–Crippen LogP) is 3.51. The molecule has 9 heteroatoms. The van der Waals surface area contributed by atoms with Gasteiger partial charge in [0.1, 0.15) is 15.8 Å². The average Bonchev–Trinajstić information content (AvgIpc) is 3.08. The Morgan fingerprint density at radius 2 is 1.97 bits per heavy atom. The minimum atomic E-state index is -0.252. The number of thioether (sulfide) groups is 1. The van der Waals surface area contributed by atoms with Crippen molar-refractivity contribution in [3.63, 3.8) is 0 Å². The number of ether oxygens (including phenoxy) is 1. The molecule has 0 bridgehead atoms. The first-order chi connectivity index (χ1) is 16.0. The van der Waals surface area contributed by atoms with Crippen molar-refractivity contribution in [2.24, 2.45) is 0 Å². The quantitative estimate of drug-likeness (QED) is 0.300. The Morgan fingerprint density at radius 1 is 1.18 bits per heavy atom. The maximum absolute atomic E-state index is 13.3. The van der Waals surface area contributed by atoms with Crippen LogP contribution in [0.5, 0.6) is 0 Å². The summed E-state index contributed by atoms with van der Waals surface area (Å²) in [4.78, 5) is 33.1. The fourth-order valence-electron chi connectivity index (χ4n) is 3.56. The highest BCUT2D eigenvalue weighted by molar-refractivity contribution is 8.26. The van der Waals surface area contributed by atoms with Gasteiger partial charge in [-0.2, -0.15) is 0 Å². The van der Waals surface area contributed by atoms with Crippen molar-refractivity contribution >= 4 is 51.7 Å². The van der Waals surface area contributed by atoms with Crippen LogP contribution < -0.4 is 10.9 Å². The molecule has 0 radical (unpaired) electrons. The van der Waals surface area contributed by atoms with Crippen LogP contribution in [0.1, 0.15) is 16.7 Å². The second-order valence-corrected chi connectivity index (χ2v) is 9.23. The van der Waals surface area contributed by atoms with Crippen molar-refractivity contribution < 1.29 is 9.53 Å². The molecular formula is C24H24N4O3S2. The summed E-state index contributed by atoms with van der Waals surface area (Å²) in [6.45, 7) is 3.32. The highest BCUT2D eigenvalue weighted by atomic mass is 32.2. The van der Waals surface area contributed by atoms with Crippen LogP contribution in [0.15, 0.2) is 58.4 Å². The number of rotatable bonds is 8. The van der Waals surface area contributed by atoms with Crippen molar-refractivity contribution in [3.8, 4) is 0 Å². The summed E-state index contributed by atoms with van der Waals surface area (Å²) >= 11 is 6.67. The number of pyridine rings is 1. The van der Waals surface area contributed by atoms with Crippen LogP contribution in [0.3, 0.4) is 0 Å². The molecule has 3 aromatic rings. The SMILES string of the molecule is COCCNc1nc2c(C)cccn2c(=O)c1/C=C1\SC(=S)N(CCc2ccccc2)C1=O. The van der Waals surface area contributed by atoms with E-state index in [4.69, 9.17) is 17.0 Å². The van der Waals surface area contributed by atoms with Gasteiger partial charge in [-0.15, -0.1) is 0 Å². The van der Waals surface area contributed by atoms with Crippen LogP contribution in [0.25, 0.3) is 11.7 Å². The fraction of sp³-hybridized carbons (Fsp3) is 0.250. The number of aryl methyl sites for hydroxylation is 1. The highest BCUT2D eigenvalue weighted by Gasteiger charge is 2.32. The number of carbonyl (C=O) groups is 1. The molecule has 0 atom stereocenters. The Kier molecular flexibility index (Phi) is 7.22. The first kappa shape index (κ1) is 23.2. The Bertz CT molecular complexity index is 1290. The zero-order chi connectivity index (χ0) is 23.4. The van der Waals surface area contributed by atoms with Gasteiger partial charge in [-0.05, 0) is 36.6 Å². The minimum absolute atomic E-state index is 0.197. The molecule has 1 N–H and O–H groups in total. The number of benzene rings is 1. The predicted molar refractivity (Wildman–Crippen MR) is 137 cm³/mol. The third kappa shape index (κ3) is 5.00. The molecule has 1 aliphatic rings. The van der Waals surface area contributed by atoms with E-state index in [9.17, 15) is 9.59 Å². The number of aromatic nitrogens is 2. The summed E-state index contributed by atoms with van der Waals surface area (Å²) < 4.78 is 7.10. The fourth-order valence-corrected chi connectivity index (χ4v) is 4.85. The van der Waals surface area contributed by atoms with Crippen LogP contribution in [0, 0.1) is 6.92 Å².